The molecule has 2 amide bonds. The Kier molecular flexibility index (Phi) is 5.25. The Balaban J connectivity index is 1.73. The molecule has 0 spiro atoms. The molecule has 6 heteroatoms. The monoisotopic (exact) mass is 308 g/mol. The van der Waals surface area contributed by atoms with Crippen LogP contribution in [0.4, 0.5) is 4.79 Å². The minimum absolute atomic E-state index is 0.0827. The van der Waals surface area contributed by atoms with Gasteiger partial charge in [0, 0.05) is 11.6 Å². The molecule has 0 aliphatic carbocycles. The first-order chi connectivity index (χ1) is 10.0. The second-order valence-corrected chi connectivity index (χ2v) is 5.09. The van der Waals surface area contributed by atoms with Crippen molar-refractivity contribution in [2.45, 2.75) is 19.6 Å². The number of aliphatic hydroxyl groups is 1. The summed E-state index contributed by atoms with van der Waals surface area (Å²) in [4.78, 5) is 11.6. The van der Waals surface area contributed by atoms with Crippen LogP contribution in [0.2, 0.25) is 5.02 Å². The van der Waals surface area contributed by atoms with Crippen LogP contribution in [-0.2, 0) is 6.54 Å². The Morgan fingerprint density at radius 3 is 2.57 bits per heavy atom. The zero-order valence-corrected chi connectivity index (χ0v) is 12.4. The van der Waals surface area contributed by atoms with Gasteiger partial charge in [-0.15, -0.1) is 0 Å². The molecule has 0 aliphatic heterocycles. The molecule has 0 aliphatic rings. The van der Waals surface area contributed by atoms with Crippen LogP contribution in [-0.4, -0.2) is 17.7 Å². The summed E-state index contributed by atoms with van der Waals surface area (Å²) in [6.07, 6.45) is -0.861. The van der Waals surface area contributed by atoms with Crippen LogP contribution in [0.15, 0.2) is 40.8 Å². The molecule has 1 aromatic carbocycles. The van der Waals surface area contributed by atoms with Crippen molar-refractivity contribution >= 4 is 17.6 Å². The lowest BCUT2D eigenvalue weighted by Gasteiger charge is -2.11. The Labute approximate surface area is 127 Å². The molecular weight excluding hydrogens is 292 g/mol. The van der Waals surface area contributed by atoms with Crippen molar-refractivity contribution in [3.8, 4) is 0 Å². The van der Waals surface area contributed by atoms with E-state index in [0.717, 1.165) is 11.3 Å². The van der Waals surface area contributed by atoms with E-state index in [1.54, 1.807) is 31.2 Å². The van der Waals surface area contributed by atoms with Gasteiger partial charge in [0.05, 0.1) is 6.54 Å². The third-order valence-electron chi connectivity index (χ3n) is 2.91. The fourth-order valence-corrected chi connectivity index (χ4v) is 1.90. The van der Waals surface area contributed by atoms with Crippen LogP contribution in [0.25, 0.3) is 0 Å². The summed E-state index contributed by atoms with van der Waals surface area (Å²) in [5.41, 5.74) is 0.941. The summed E-state index contributed by atoms with van der Waals surface area (Å²) < 4.78 is 5.28. The zero-order chi connectivity index (χ0) is 15.2. The molecule has 1 aromatic heterocycles. The molecule has 0 saturated carbocycles. The number of nitrogens with one attached hydrogen (secondary N) is 2. The zero-order valence-electron chi connectivity index (χ0n) is 11.6. The molecular formula is C15H17ClN2O3. The highest BCUT2D eigenvalue weighted by Gasteiger charge is 2.12. The van der Waals surface area contributed by atoms with E-state index in [-0.39, 0.29) is 12.6 Å². The number of benzene rings is 1. The van der Waals surface area contributed by atoms with Gasteiger partial charge in [-0.25, -0.2) is 4.79 Å². The van der Waals surface area contributed by atoms with Gasteiger partial charge in [0.1, 0.15) is 17.6 Å². The summed E-state index contributed by atoms with van der Waals surface area (Å²) in [7, 11) is 0. The average Bonchev–Trinajstić information content (AvgIpc) is 2.91. The summed E-state index contributed by atoms with van der Waals surface area (Å²) in [5, 5.41) is 15.8. The van der Waals surface area contributed by atoms with E-state index in [9.17, 15) is 9.90 Å². The Bertz CT molecular complexity index is 595. The highest BCUT2D eigenvalue weighted by molar-refractivity contribution is 6.30. The standard InChI is InChI=1S/C15H17ClN2O3/c1-10-2-7-14(21-10)13(19)9-18-15(20)17-8-11-3-5-12(16)6-4-11/h2-7,13,19H,8-9H2,1H3,(H2,17,18,20). The molecule has 1 heterocycles. The molecule has 0 bridgehead atoms. The first-order valence-corrected chi connectivity index (χ1v) is 6.93. The van der Waals surface area contributed by atoms with Crippen LogP contribution >= 0.6 is 11.6 Å². The third-order valence-corrected chi connectivity index (χ3v) is 3.16. The second kappa shape index (κ2) is 7.15. The first-order valence-electron chi connectivity index (χ1n) is 6.55. The number of urea groups is 1. The first kappa shape index (κ1) is 15.4. The summed E-state index contributed by atoms with van der Waals surface area (Å²) in [6, 6.07) is 10.3. The van der Waals surface area contributed by atoms with Crippen LogP contribution < -0.4 is 10.6 Å². The van der Waals surface area contributed by atoms with Crippen molar-refractivity contribution < 1.29 is 14.3 Å². The third kappa shape index (κ3) is 4.81. The van der Waals surface area contributed by atoms with Crippen molar-refractivity contribution in [2.24, 2.45) is 0 Å². The summed E-state index contributed by atoms with van der Waals surface area (Å²) >= 11 is 5.78. The molecule has 21 heavy (non-hydrogen) atoms. The van der Waals surface area contributed by atoms with E-state index in [2.05, 4.69) is 10.6 Å². The number of hydrogen-bond acceptors (Lipinski definition) is 3. The molecule has 0 radical (unpaired) electrons. The van der Waals surface area contributed by atoms with E-state index in [1.165, 1.54) is 0 Å². The second-order valence-electron chi connectivity index (χ2n) is 4.65. The molecule has 5 nitrogen and oxygen atoms in total. The van der Waals surface area contributed by atoms with Gasteiger partial charge in [0.2, 0.25) is 0 Å². The maximum atomic E-state index is 11.6. The number of furan rings is 1. The molecule has 1 unspecified atom stereocenters. The van der Waals surface area contributed by atoms with Gasteiger partial charge < -0.3 is 20.2 Å². The number of halogens is 1. The predicted molar refractivity (Wildman–Crippen MR) is 80.1 cm³/mol. The molecule has 112 valence electrons. The van der Waals surface area contributed by atoms with E-state index in [4.69, 9.17) is 16.0 Å². The topological polar surface area (TPSA) is 74.5 Å². The lowest BCUT2D eigenvalue weighted by molar-refractivity contribution is 0.146. The maximum absolute atomic E-state index is 11.6. The molecule has 2 rings (SSSR count). The Hall–Kier alpha value is -1.98. The quantitative estimate of drug-likeness (QED) is 0.795. The SMILES string of the molecule is Cc1ccc(C(O)CNC(=O)NCc2ccc(Cl)cc2)o1. The number of aryl methyl sites for hydroxylation is 1. The molecule has 1 atom stereocenters. The minimum atomic E-state index is -0.861. The lowest BCUT2D eigenvalue weighted by Crippen LogP contribution is -2.37. The van der Waals surface area contributed by atoms with Crippen molar-refractivity contribution in [1.82, 2.24) is 10.6 Å². The van der Waals surface area contributed by atoms with Crippen molar-refractivity contribution in [2.75, 3.05) is 6.54 Å². The van der Waals surface area contributed by atoms with Crippen molar-refractivity contribution in [1.29, 1.82) is 0 Å². The lowest BCUT2D eigenvalue weighted by atomic mass is 10.2. The molecule has 3 N–H and O–H groups in total. The number of rotatable bonds is 5. The molecule has 2 aromatic rings. The van der Waals surface area contributed by atoms with Gasteiger partial charge >= 0.3 is 6.03 Å². The highest BCUT2D eigenvalue weighted by atomic mass is 35.5. The fraction of sp³-hybridized carbons (Fsp3) is 0.267. The molecule has 0 saturated heterocycles. The largest absolute Gasteiger partial charge is 0.464 e. The number of carbonyl (C=O) groups excluding carboxylic acids is 1. The Morgan fingerprint density at radius 1 is 1.24 bits per heavy atom. The Morgan fingerprint density at radius 2 is 1.95 bits per heavy atom. The summed E-state index contributed by atoms with van der Waals surface area (Å²) in [6.45, 7) is 2.26. The smallest absolute Gasteiger partial charge is 0.315 e. The van der Waals surface area contributed by atoms with Crippen LogP contribution in [0.3, 0.4) is 0 Å². The highest BCUT2D eigenvalue weighted by Crippen LogP contribution is 2.15. The molecule has 0 fully saturated rings. The average molecular weight is 309 g/mol. The summed E-state index contributed by atoms with van der Waals surface area (Å²) in [5.74, 6) is 1.15. The van der Waals surface area contributed by atoms with E-state index in [1.807, 2.05) is 12.1 Å². The van der Waals surface area contributed by atoms with Gasteiger partial charge in [-0.3, -0.25) is 0 Å². The number of carbonyl (C=O) groups is 1. The minimum Gasteiger partial charge on any atom is -0.464 e. The van der Waals surface area contributed by atoms with Gasteiger partial charge in [0.25, 0.3) is 0 Å². The van der Waals surface area contributed by atoms with Crippen LogP contribution in [0.5, 0.6) is 0 Å². The van der Waals surface area contributed by atoms with Crippen LogP contribution in [0, 0.1) is 6.92 Å². The predicted octanol–water partition coefficient (Wildman–Crippen LogP) is 2.77. The van der Waals surface area contributed by atoms with Crippen molar-refractivity contribution in [3.05, 3.63) is 58.5 Å². The van der Waals surface area contributed by atoms with Gasteiger partial charge in [-0.05, 0) is 36.8 Å². The van der Waals surface area contributed by atoms with Gasteiger partial charge in [0.15, 0.2) is 0 Å². The number of amides is 2. The van der Waals surface area contributed by atoms with E-state index < -0.39 is 6.10 Å². The number of aliphatic hydroxyl groups excluding tert-OH is 1. The van der Waals surface area contributed by atoms with Crippen LogP contribution in [0.1, 0.15) is 23.2 Å². The van der Waals surface area contributed by atoms with E-state index >= 15 is 0 Å². The van der Waals surface area contributed by atoms with Gasteiger partial charge in [-0.1, -0.05) is 23.7 Å². The number of hydrogen-bond donors (Lipinski definition) is 3. The normalized spacial score (nSPS) is 12.0. The van der Waals surface area contributed by atoms with Crippen molar-refractivity contribution in [3.63, 3.8) is 0 Å². The fourth-order valence-electron chi connectivity index (χ4n) is 1.77. The van der Waals surface area contributed by atoms with E-state index in [0.29, 0.717) is 17.3 Å². The van der Waals surface area contributed by atoms with Gasteiger partial charge in [-0.2, -0.15) is 0 Å². The maximum Gasteiger partial charge on any atom is 0.315 e.